The van der Waals surface area contributed by atoms with Gasteiger partial charge in [0.05, 0.1) is 5.02 Å². The van der Waals surface area contributed by atoms with Crippen molar-refractivity contribution in [2.24, 2.45) is 11.3 Å². The lowest BCUT2D eigenvalue weighted by molar-refractivity contribution is -0.118. The number of hydrogen-bond acceptors (Lipinski definition) is 2. The van der Waals surface area contributed by atoms with E-state index in [1.54, 1.807) is 12.1 Å². The van der Waals surface area contributed by atoms with E-state index in [-0.39, 0.29) is 28.0 Å². The number of phenolic OH excluding ortho intramolecular Hbond substituents is 1. The number of phenols is 1. The van der Waals surface area contributed by atoms with Crippen molar-refractivity contribution < 1.29 is 9.90 Å². The molecule has 0 saturated heterocycles. The van der Waals surface area contributed by atoms with Gasteiger partial charge in [-0.1, -0.05) is 25.4 Å². The lowest BCUT2D eigenvalue weighted by Crippen LogP contribution is -2.16. The van der Waals surface area contributed by atoms with Crippen LogP contribution >= 0.6 is 11.6 Å². The molecule has 1 aliphatic carbocycles. The summed E-state index contributed by atoms with van der Waals surface area (Å²) in [6.07, 6.45) is 0.921. The van der Waals surface area contributed by atoms with Gasteiger partial charge in [0.1, 0.15) is 5.75 Å². The highest BCUT2D eigenvalue weighted by molar-refractivity contribution is 6.32. The molecule has 0 bridgehead atoms. The summed E-state index contributed by atoms with van der Waals surface area (Å²) < 4.78 is 0. The van der Waals surface area contributed by atoms with E-state index < -0.39 is 0 Å². The van der Waals surface area contributed by atoms with Crippen LogP contribution in [0.4, 0.5) is 5.69 Å². The van der Waals surface area contributed by atoms with E-state index in [1.807, 2.05) is 0 Å². The van der Waals surface area contributed by atoms with E-state index in [4.69, 9.17) is 11.6 Å². The van der Waals surface area contributed by atoms with Crippen molar-refractivity contribution in [3.05, 3.63) is 23.2 Å². The summed E-state index contributed by atoms with van der Waals surface area (Å²) in [5.74, 6) is 0.123. The van der Waals surface area contributed by atoms with E-state index in [1.165, 1.54) is 6.07 Å². The van der Waals surface area contributed by atoms with Gasteiger partial charge >= 0.3 is 0 Å². The summed E-state index contributed by atoms with van der Waals surface area (Å²) >= 11 is 5.75. The predicted molar refractivity (Wildman–Crippen MR) is 63.6 cm³/mol. The van der Waals surface area contributed by atoms with Crippen LogP contribution in [0.3, 0.4) is 0 Å². The van der Waals surface area contributed by atoms with Crippen LogP contribution in [0.1, 0.15) is 20.3 Å². The fourth-order valence-corrected chi connectivity index (χ4v) is 1.91. The molecule has 0 aliphatic heterocycles. The van der Waals surface area contributed by atoms with Gasteiger partial charge < -0.3 is 10.4 Å². The molecule has 2 rings (SSSR count). The van der Waals surface area contributed by atoms with E-state index in [0.717, 1.165) is 6.42 Å². The Morgan fingerprint density at radius 3 is 2.69 bits per heavy atom. The van der Waals surface area contributed by atoms with Gasteiger partial charge in [-0.2, -0.15) is 0 Å². The van der Waals surface area contributed by atoms with E-state index in [0.29, 0.717) is 5.69 Å². The van der Waals surface area contributed by atoms with Crippen molar-refractivity contribution in [2.75, 3.05) is 5.32 Å². The number of halogens is 1. The minimum Gasteiger partial charge on any atom is -0.506 e. The van der Waals surface area contributed by atoms with Crippen LogP contribution in [0.2, 0.25) is 5.02 Å². The first-order chi connectivity index (χ1) is 7.40. The molecule has 16 heavy (non-hydrogen) atoms. The van der Waals surface area contributed by atoms with Crippen LogP contribution in [0.5, 0.6) is 5.75 Å². The topological polar surface area (TPSA) is 49.3 Å². The molecule has 1 saturated carbocycles. The zero-order chi connectivity index (χ0) is 11.9. The van der Waals surface area contributed by atoms with Crippen molar-refractivity contribution in [3.8, 4) is 5.75 Å². The maximum absolute atomic E-state index is 11.8. The Morgan fingerprint density at radius 2 is 2.19 bits per heavy atom. The largest absolute Gasteiger partial charge is 0.506 e. The highest BCUT2D eigenvalue weighted by Crippen LogP contribution is 2.52. The monoisotopic (exact) mass is 239 g/mol. The second kappa shape index (κ2) is 3.67. The lowest BCUT2D eigenvalue weighted by atomic mass is 10.1. The molecule has 1 aliphatic rings. The number of carbonyl (C=O) groups is 1. The first-order valence-electron chi connectivity index (χ1n) is 5.19. The number of hydrogen-bond donors (Lipinski definition) is 2. The van der Waals surface area contributed by atoms with E-state index in [2.05, 4.69) is 19.2 Å². The van der Waals surface area contributed by atoms with Crippen LogP contribution in [0, 0.1) is 11.3 Å². The smallest absolute Gasteiger partial charge is 0.228 e. The fraction of sp³-hybridized carbons (Fsp3) is 0.417. The summed E-state index contributed by atoms with van der Waals surface area (Å²) in [6, 6.07) is 4.65. The van der Waals surface area contributed by atoms with Crippen molar-refractivity contribution >= 4 is 23.2 Å². The molecule has 1 aromatic carbocycles. The Labute approximate surface area is 99.4 Å². The van der Waals surface area contributed by atoms with Gasteiger partial charge in [-0.15, -0.1) is 0 Å². The zero-order valence-corrected chi connectivity index (χ0v) is 10.0. The van der Waals surface area contributed by atoms with Gasteiger partial charge in [0.25, 0.3) is 0 Å². The molecule has 1 fully saturated rings. The standard InChI is InChI=1S/C12H14ClNO2/c1-12(2)6-8(12)11(16)14-7-3-4-10(15)9(13)5-7/h3-5,8,15H,6H2,1-2H3,(H,14,16). The molecule has 0 aromatic heterocycles. The summed E-state index contributed by atoms with van der Waals surface area (Å²) in [5, 5.41) is 12.3. The number of aromatic hydroxyl groups is 1. The maximum atomic E-state index is 11.8. The third-order valence-electron chi connectivity index (χ3n) is 3.05. The molecule has 0 spiro atoms. The third kappa shape index (κ3) is 2.14. The molecule has 86 valence electrons. The lowest BCUT2D eigenvalue weighted by Gasteiger charge is -2.07. The Balaban J connectivity index is 2.05. The highest BCUT2D eigenvalue weighted by Gasteiger charge is 2.50. The molecule has 1 amide bonds. The Hall–Kier alpha value is -1.22. The highest BCUT2D eigenvalue weighted by atomic mass is 35.5. The van der Waals surface area contributed by atoms with Crippen LogP contribution < -0.4 is 5.32 Å². The molecular weight excluding hydrogens is 226 g/mol. The molecule has 3 nitrogen and oxygen atoms in total. The van der Waals surface area contributed by atoms with Crippen molar-refractivity contribution in [3.63, 3.8) is 0 Å². The number of carbonyl (C=O) groups excluding carboxylic acids is 1. The summed E-state index contributed by atoms with van der Waals surface area (Å²) in [6.45, 7) is 4.14. The molecule has 0 radical (unpaired) electrons. The number of nitrogens with one attached hydrogen (secondary N) is 1. The maximum Gasteiger partial charge on any atom is 0.228 e. The average Bonchev–Trinajstić information content (AvgIpc) is 2.82. The normalized spacial score (nSPS) is 21.6. The van der Waals surface area contributed by atoms with Gasteiger partial charge in [-0.05, 0) is 30.0 Å². The van der Waals surface area contributed by atoms with Crippen LogP contribution in [0.25, 0.3) is 0 Å². The molecule has 1 aromatic rings. The average molecular weight is 240 g/mol. The predicted octanol–water partition coefficient (Wildman–Crippen LogP) is 3.03. The second-order valence-electron chi connectivity index (χ2n) is 4.90. The molecule has 4 heteroatoms. The molecule has 0 heterocycles. The SMILES string of the molecule is CC1(C)CC1C(=O)Nc1ccc(O)c(Cl)c1. The summed E-state index contributed by atoms with van der Waals surface area (Å²) in [5.41, 5.74) is 0.737. The third-order valence-corrected chi connectivity index (χ3v) is 3.35. The minimum absolute atomic E-state index is 0.0198. The first-order valence-corrected chi connectivity index (χ1v) is 5.57. The molecular formula is C12H14ClNO2. The minimum atomic E-state index is 0.0198. The summed E-state index contributed by atoms with van der Waals surface area (Å²) in [7, 11) is 0. The van der Waals surface area contributed by atoms with E-state index >= 15 is 0 Å². The van der Waals surface area contributed by atoms with Gasteiger partial charge in [0.15, 0.2) is 0 Å². The van der Waals surface area contributed by atoms with Gasteiger partial charge in [-0.25, -0.2) is 0 Å². The number of amides is 1. The Bertz CT molecular complexity index is 443. The zero-order valence-electron chi connectivity index (χ0n) is 9.25. The molecule has 1 atom stereocenters. The van der Waals surface area contributed by atoms with Gasteiger partial charge in [0.2, 0.25) is 5.91 Å². The quantitative estimate of drug-likeness (QED) is 0.780. The fourth-order valence-electron chi connectivity index (χ4n) is 1.73. The van der Waals surface area contributed by atoms with Gasteiger partial charge in [-0.3, -0.25) is 4.79 Å². The van der Waals surface area contributed by atoms with Crippen molar-refractivity contribution in [1.29, 1.82) is 0 Å². The number of rotatable bonds is 2. The van der Waals surface area contributed by atoms with Crippen LogP contribution in [-0.2, 0) is 4.79 Å². The van der Waals surface area contributed by atoms with Crippen LogP contribution in [-0.4, -0.2) is 11.0 Å². The van der Waals surface area contributed by atoms with Crippen molar-refractivity contribution in [2.45, 2.75) is 20.3 Å². The van der Waals surface area contributed by atoms with Crippen molar-refractivity contribution in [1.82, 2.24) is 0 Å². The Morgan fingerprint density at radius 1 is 1.56 bits per heavy atom. The summed E-state index contributed by atoms with van der Waals surface area (Å²) in [4.78, 5) is 11.8. The van der Waals surface area contributed by atoms with E-state index in [9.17, 15) is 9.90 Å². The number of anilines is 1. The molecule has 2 N–H and O–H groups in total. The molecule has 1 unspecified atom stereocenters. The Kier molecular flexibility index (Phi) is 2.58. The van der Waals surface area contributed by atoms with Crippen LogP contribution in [0.15, 0.2) is 18.2 Å². The second-order valence-corrected chi connectivity index (χ2v) is 5.31. The first kappa shape index (κ1) is 11.3. The van der Waals surface area contributed by atoms with Gasteiger partial charge in [0, 0.05) is 11.6 Å². The number of benzene rings is 1.